The lowest BCUT2D eigenvalue weighted by atomic mass is 9.82. The van der Waals surface area contributed by atoms with Gasteiger partial charge in [0, 0.05) is 17.6 Å². The molecule has 0 saturated carbocycles. The van der Waals surface area contributed by atoms with Crippen molar-refractivity contribution in [2.75, 3.05) is 0 Å². The first-order chi connectivity index (χ1) is 11.9. The van der Waals surface area contributed by atoms with Gasteiger partial charge in [-0.1, -0.05) is 49.1 Å². The lowest BCUT2D eigenvalue weighted by Crippen LogP contribution is -2.28. The number of aromatic nitrogens is 1. The fourth-order valence-corrected chi connectivity index (χ4v) is 3.67. The van der Waals surface area contributed by atoms with Gasteiger partial charge in [0.1, 0.15) is 0 Å². The Morgan fingerprint density at radius 3 is 2.56 bits per heavy atom. The van der Waals surface area contributed by atoms with Gasteiger partial charge in [0.25, 0.3) is 0 Å². The average molecular weight is 335 g/mol. The van der Waals surface area contributed by atoms with Crippen LogP contribution in [0.2, 0.25) is 0 Å². The van der Waals surface area contributed by atoms with E-state index >= 15 is 0 Å². The van der Waals surface area contributed by atoms with Crippen molar-refractivity contribution < 1.29 is 9.90 Å². The van der Waals surface area contributed by atoms with Gasteiger partial charge in [-0.05, 0) is 55.0 Å². The summed E-state index contributed by atoms with van der Waals surface area (Å²) in [4.78, 5) is 11.5. The highest BCUT2D eigenvalue weighted by atomic mass is 16.4. The van der Waals surface area contributed by atoms with Gasteiger partial charge >= 0.3 is 5.97 Å². The molecule has 0 radical (unpaired) electrons. The van der Waals surface area contributed by atoms with Gasteiger partial charge in [-0.2, -0.15) is 0 Å². The van der Waals surface area contributed by atoms with E-state index in [4.69, 9.17) is 0 Å². The Kier molecular flexibility index (Phi) is 4.67. The second-order valence-corrected chi connectivity index (χ2v) is 6.92. The largest absolute Gasteiger partial charge is 0.481 e. The monoisotopic (exact) mass is 335 g/mol. The molecule has 130 valence electrons. The predicted octanol–water partition coefficient (Wildman–Crippen LogP) is 3.16. The van der Waals surface area contributed by atoms with Gasteiger partial charge in [-0.15, -0.1) is 0 Å². The van der Waals surface area contributed by atoms with Gasteiger partial charge in [-0.25, -0.2) is 0 Å². The van der Waals surface area contributed by atoms with E-state index in [9.17, 15) is 9.90 Å². The van der Waals surface area contributed by atoms with Crippen LogP contribution in [-0.4, -0.2) is 15.6 Å². The summed E-state index contributed by atoms with van der Waals surface area (Å²) in [7, 11) is 0. The number of carbonyl (C=O) groups is 1. The highest BCUT2D eigenvalue weighted by Gasteiger charge is 2.25. The summed E-state index contributed by atoms with van der Waals surface area (Å²) in [6, 6.07) is 0. The quantitative estimate of drug-likeness (QED) is 0.918. The predicted molar refractivity (Wildman–Crippen MR) is 103 cm³/mol. The second-order valence-electron chi connectivity index (χ2n) is 6.92. The van der Waals surface area contributed by atoms with Crippen molar-refractivity contribution in [1.82, 2.24) is 4.57 Å². The van der Waals surface area contributed by atoms with Crippen molar-refractivity contribution >= 4 is 19.1 Å². The smallest absolute Gasteiger partial charge is 0.311 e. The van der Waals surface area contributed by atoms with Gasteiger partial charge in [-0.3, -0.25) is 4.79 Å². The zero-order chi connectivity index (χ0) is 18.1. The first kappa shape index (κ1) is 17.3. The first-order valence-electron chi connectivity index (χ1n) is 8.72. The van der Waals surface area contributed by atoms with E-state index < -0.39 is 11.9 Å². The van der Waals surface area contributed by atoms with E-state index in [1.165, 1.54) is 16.8 Å². The summed E-state index contributed by atoms with van der Waals surface area (Å²) in [5, 5.41) is 11.4. The van der Waals surface area contributed by atoms with E-state index in [1.807, 2.05) is 18.2 Å². The summed E-state index contributed by atoms with van der Waals surface area (Å²) in [6.45, 7) is 13.3. The van der Waals surface area contributed by atoms with Crippen LogP contribution in [0.4, 0.5) is 0 Å². The lowest BCUT2D eigenvalue weighted by Gasteiger charge is -2.23. The van der Waals surface area contributed by atoms with Crippen LogP contribution in [-0.2, 0) is 11.3 Å². The molecule has 1 aromatic heterocycles. The zero-order valence-electron chi connectivity index (χ0n) is 15.0. The lowest BCUT2D eigenvalue weighted by molar-refractivity contribution is -0.140. The number of rotatable bonds is 4. The van der Waals surface area contributed by atoms with Crippen molar-refractivity contribution in [2.24, 2.45) is 5.92 Å². The van der Waals surface area contributed by atoms with E-state index in [0.29, 0.717) is 6.42 Å². The number of carboxylic acids is 1. The van der Waals surface area contributed by atoms with Crippen LogP contribution in [0.3, 0.4) is 0 Å². The Hall–Kier alpha value is -2.55. The number of allylic oxidation sites excluding steroid dienone is 7. The molecule has 0 aliphatic heterocycles. The highest BCUT2D eigenvalue weighted by Crippen LogP contribution is 2.33. The molecule has 1 atom stereocenters. The van der Waals surface area contributed by atoms with Crippen molar-refractivity contribution in [3.05, 3.63) is 68.9 Å². The maximum atomic E-state index is 11.5. The molecule has 0 spiro atoms. The molecular weight excluding hydrogens is 310 g/mol. The molecule has 2 aliphatic rings. The van der Waals surface area contributed by atoms with Crippen molar-refractivity contribution in [3.8, 4) is 0 Å². The van der Waals surface area contributed by atoms with Gasteiger partial charge in [0.15, 0.2) is 0 Å². The average Bonchev–Trinajstić information content (AvgIpc) is 2.80. The molecule has 3 heteroatoms. The van der Waals surface area contributed by atoms with E-state index in [1.54, 1.807) is 0 Å². The molecule has 0 saturated heterocycles. The fraction of sp³-hybridized carbons (Fsp3) is 0.318. The molecule has 3 rings (SSSR count). The molecule has 1 aromatic rings. The van der Waals surface area contributed by atoms with E-state index in [-0.39, 0.29) is 0 Å². The Bertz CT molecular complexity index is 938. The minimum absolute atomic E-state index is 0.416. The summed E-state index contributed by atoms with van der Waals surface area (Å²) >= 11 is 0. The van der Waals surface area contributed by atoms with Crippen molar-refractivity contribution in [3.63, 3.8) is 0 Å². The van der Waals surface area contributed by atoms with Crippen LogP contribution < -0.4 is 10.6 Å². The molecule has 0 amide bonds. The molecular formula is C22H25NO2. The van der Waals surface area contributed by atoms with Crippen LogP contribution in [0.15, 0.2) is 47.1 Å². The summed E-state index contributed by atoms with van der Waals surface area (Å²) in [5.41, 5.74) is 5.87. The summed E-state index contributed by atoms with van der Waals surface area (Å²) in [6.07, 6.45) is 12.5. The number of hydrogen-bond acceptors (Lipinski definition) is 1. The molecule has 1 N–H and O–H groups in total. The molecule has 2 aliphatic carbocycles. The van der Waals surface area contributed by atoms with Gasteiger partial charge in [0.2, 0.25) is 0 Å². The molecule has 1 unspecified atom stereocenters. The SMILES string of the molecule is C=c1c(C)c(C)n(CC2=CC=C(C3=CC=CCC3C(=O)O)CC2)c1=C. The van der Waals surface area contributed by atoms with Crippen molar-refractivity contribution in [1.29, 1.82) is 0 Å². The maximum absolute atomic E-state index is 11.5. The normalized spacial score (nSPS) is 20.1. The number of aliphatic carboxylic acids is 1. The Labute approximate surface area is 148 Å². The van der Waals surface area contributed by atoms with E-state index in [2.05, 4.69) is 43.7 Å². The molecule has 1 heterocycles. The Morgan fingerprint density at radius 1 is 1.24 bits per heavy atom. The van der Waals surface area contributed by atoms with E-state index in [0.717, 1.165) is 41.1 Å². The maximum Gasteiger partial charge on any atom is 0.311 e. The number of hydrogen-bond donors (Lipinski definition) is 1. The van der Waals surface area contributed by atoms with Crippen molar-refractivity contribution in [2.45, 2.75) is 39.7 Å². The van der Waals surface area contributed by atoms with Crippen LogP contribution in [0.5, 0.6) is 0 Å². The third-order valence-corrected chi connectivity index (χ3v) is 5.50. The van der Waals surface area contributed by atoms with Gasteiger partial charge in [0.05, 0.1) is 5.92 Å². The van der Waals surface area contributed by atoms with Crippen LogP contribution in [0, 0.1) is 19.8 Å². The topological polar surface area (TPSA) is 42.2 Å². The standard InChI is InChI=1S/C22H25NO2/c1-14-15(2)17(4)23(16(14)3)13-18-9-11-19(12-10-18)20-7-5-6-8-21(20)22(24)25/h5-7,9,11,21H,1,3,8,10,12-13H2,2,4H3,(H,24,25). The number of carboxylic acid groups (broad SMARTS) is 1. The minimum atomic E-state index is -0.741. The van der Waals surface area contributed by atoms with Crippen LogP contribution in [0.1, 0.15) is 30.5 Å². The Balaban J connectivity index is 1.85. The fourth-order valence-electron chi connectivity index (χ4n) is 3.67. The minimum Gasteiger partial charge on any atom is -0.481 e. The van der Waals surface area contributed by atoms with Crippen LogP contribution in [0.25, 0.3) is 13.2 Å². The Morgan fingerprint density at radius 2 is 2.00 bits per heavy atom. The number of nitrogens with zero attached hydrogens (tertiary/aromatic N) is 1. The second kappa shape index (κ2) is 6.75. The zero-order valence-corrected chi connectivity index (χ0v) is 15.0. The molecule has 0 aromatic carbocycles. The summed E-state index contributed by atoms with van der Waals surface area (Å²) < 4.78 is 2.23. The third-order valence-electron chi connectivity index (χ3n) is 5.50. The molecule has 3 nitrogen and oxygen atoms in total. The molecule has 0 fully saturated rings. The molecule has 25 heavy (non-hydrogen) atoms. The first-order valence-corrected chi connectivity index (χ1v) is 8.72. The van der Waals surface area contributed by atoms with Gasteiger partial charge < -0.3 is 9.67 Å². The highest BCUT2D eigenvalue weighted by molar-refractivity contribution is 5.76. The van der Waals surface area contributed by atoms with Crippen LogP contribution >= 0.6 is 0 Å². The third kappa shape index (κ3) is 3.19. The molecule has 0 bridgehead atoms. The summed E-state index contributed by atoms with van der Waals surface area (Å²) in [5.74, 6) is -1.16.